The topological polar surface area (TPSA) is 114 Å². The molecule has 2 aliphatic heterocycles. The van der Waals surface area contributed by atoms with Crippen LogP contribution in [0.2, 0.25) is 0 Å². The molecule has 0 saturated carbocycles. The highest BCUT2D eigenvalue weighted by atomic mass is 16.7. The van der Waals surface area contributed by atoms with Crippen molar-refractivity contribution in [3.05, 3.63) is 10.4 Å². The Kier molecular flexibility index (Phi) is 2.97. The van der Waals surface area contributed by atoms with Crippen LogP contribution in [0.1, 0.15) is 6.92 Å². The molecule has 2 saturated heterocycles. The summed E-state index contributed by atoms with van der Waals surface area (Å²) in [6.07, 6.45) is -3.26. The van der Waals surface area contributed by atoms with Crippen LogP contribution >= 0.6 is 0 Å². The van der Waals surface area contributed by atoms with E-state index in [1.165, 1.54) is 6.92 Å². The van der Waals surface area contributed by atoms with Crippen molar-refractivity contribution in [2.75, 3.05) is 6.61 Å². The molecule has 0 aromatic heterocycles. The highest BCUT2D eigenvalue weighted by Crippen LogP contribution is 2.31. The summed E-state index contributed by atoms with van der Waals surface area (Å²) in [6.45, 7) is 1.42. The SMILES string of the molecule is CC(=O)O[C@H]1C(N=[N+]=[N-])[C@H]2OCC(O2)[C@@H]1O. The van der Waals surface area contributed by atoms with E-state index in [0.717, 1.165) is 0 Å². The van der Waals surface area contributed by atoms with Gasteiger partial charge in [0.25, 0.3) is 0 Å². The number of azide groups is 1. The van der Waals surface area contributed by atoms with Crippen molar-refractivity contribution in [1.29, 1.82) is 0 Å². The lowest BCUT2D eigenvalue weighted by Gasteiger charge is -2.35. The molecule has 2 bridgehead atoms. The monoisotopic (exact) mass is 229 g/mol. The fraction of sp³-hybridized carbons (Fsp3) is 0.875. The summed E-state index contributed by atoms with van der Waals surface area (Å²) < 4.78 is 15.4. The molecule has 0 amide bonds. The van der Waals surface area contributed by atoms with Gasteiger partial charge in [-0.1, -0.05) is 5.11 Å². The van der Waals surface area contributed by atoms with E-state index >= 15 is 0 Å². The fourth-order valence-corrected chi connectivity index (χ4v) is 1.88. The Hall–Kier alpha value is -1.34. The summed E-state index contributed by atoms with van der Waals surface area (Å²) in [5.41, 5.74) is 8.41. The van der Waals surface area contributed by atoms with E-state index in [-0.39, 0.29) is 6.61 Å². The van der Waals surface area contributed by atoms with Crippen LogP contribution in [0.3, 0.4) is 0 Å². The van der Waals surface area contributed by atoms with Crippen molar-refractivity contribution in [2.24, 2.45) is 5.11 Å². The van der Waals surface area contributed by atoms with Crippen LogP contribution < -0.4 is 0 Å². The van der Waals surface area contributed by atoms with Gasteiger partial charge in [0.2, 0.25) is 0 Å². The van der Waals surface area contributed by atoms with Gasteiger partial charge in [0, 0.05) is 11.8 Å². The van der Waals surface area contributed by atoms with Crippen molar-refractivity contribution < 1.29 is 24.1 Å². The predicted octanol–water partition coefficient (Wildman–Crippen LogP) is -0.287. The normalized spacial score (nSPS) is 41.2. The van der Waals surface area contributed by atoms with Crippen LogP contribution in [0.15, 0.2) is 5.11 Å². The third-order valence-corrected chi connectivity index (χ3v) is 2.55. The second kappa shape index (κ2) is 4.26. The number of carbonyl (C=O) groups excluding carboxylic acids is 1. The van der Waals surface area contributed by atoms with E-state index < -0.39 is 36.6 Å². The zero-order chi connectivity index (χ0) is 11.7. The maximum atomic E-state index is 10.9. The summed E-state index contributed by atoms with van der Waals surface area (Å²) in [6, 6.07) is -0.859. The first-order valence-corrected chi connectivity index (χ1v) is 4.80. The summed E-state index contributed by atoms with van der Waals surface area (Å²) in [5.74, 6) is -0.552. The number of hydrogen-bond acceptors (Lipinski definition) is 6. The first-order chi connectivity index (χ1) is 7.63. The molecule has 1 N–H and O–H groups in total. The number of aliphatic hydroxyl groups excluding tert-OH is 1. The third kappa shape index (κ3) is 1.83. The number of esters is 1. The van der Waals surface area contributed by atoms with E-state index in [4.69, 9.17) is 19.7 Å². The highest BCUT2D eigenvalue weighted by molar-refractivity contribution is 5.66. The van der Waals surface area contributed by atoms with Crippen molar-refractivity contribution >= 4 is 5.97 Å². The number of nitrogens with zero attached hydrogens (tertiary/aromatic N) is 3. The van der Waals surface area contributed by atoms with Crippen LogP contribution in [0, 0.1) is 0 Å². The Bertz CT molecular complexity index is 343. The summed E-state index contributed by atoms with van der Waals surface area (Å²) in [4.78, 5) is 13.5. The lowest BCUT2D eigenvalue weighted by molar-refractivity contribution is -0.196. The lowest BCUT2D eigenvalue weighted by atomic mass is 9.99. The Morgan fingerprint density at radius 3 is 3.06 bits per heavy atom. The van der Waals surface area contributed by atoms with Gasteiger partial charge >= 0.3 is 5.97 Å². The fourth-order valence-electron chi connectivity index (χ4n) is 1.88. The Labute approximate surface area is 90.7 Å². The lowest BCUT2D eigenvalue weighted by Crippen LogP contribution is -2.54. The maximum Gasteiger partial charge on any atom is 0.303 e. The number of ether oxygens (including phenoxy) is 3. The molecule has 8 heteroatoms. The predicted molar refractivity (Wildman–Crippen MR) is 49.1 cm³/mol. The number of fused-ring (bicyclic) bond motifs is 2. The minimum absolute atomic E-state index is 0.195. The molecule has 0 spiro atoms. The van der Waals surface area contributed by atoms with Gasteiger partial charge in [-0.25, -0.2) is 0 Å². The average Bonchev–Trinajstić information content (AvgIpc) is 2.66. The molecule has 2 unspecified atom stereocenters. The van der Waals surface area contributed by atoms with Crippen molar-refractivity contribution in [1.82, 2.24) is 0 Å². The zero-order valence-electron chi connectivity index (χ0n) is 8.52. The molecule has 2 rings (SSSR count). The third-order valence-electron chi connectivity index (χ3n) is 2.55. The smallest absolute Gasteiger partial charge is 0.303 e. The minimum atomic E-state index is -1.04. The Morgan fingerprint density at radius 2 is 2.44 bits per heavy atom. The molecule has 88 valence electrons. The molecule has 2 heterocycles. The second-order valence-electron chi connectivity index (χ2n) is 3.64. The first kappa shape index (κ1) is 11.2. The molecule has 0 aromatic carbocycles. The second-order valence-corrected chi connectivity index (χ2v) is 3.64. The molecule has 8 nitrogen and oxygen atoms in total. The number of hydrogen-bond donors (Lipinski definition) is 1. The highest BCUT2D eigenvalue weighted by Gasteiger charge is 2.51. The van der Waals surface area contributed by atoms with Crippen LogP contribution in [0.25, 0.3) is 10.4 Å². The van der Waals surface area contributed by atoms with E-state index in [2.05, 4.69) is 10.0 Å². The molecule has 0 radical (unpaired) electrons. The van der Waals surface area contributed by atoms with E-state index in [1.807, 2.05) is 0 Å². The standard InChI is InChI=1S/C8H11N3O5/c1-3(12)15-7-5(10-11-9)8-14-2-4(16-8)6(7)13/h4-8,13H,2H2,1H3/t4?,5?,6-,7-,8-/m0/s1. The van der Waals surface area contributed by atoms with Gasteiger partial charge in [-0.15, -0.1) is 0 Å². The van der Waals surface area contributed by atoms with Crippen LogP contribution in [-0.4, -0.2) is 48.3 Å². The molecule has 0 aromatic rings. The van der Waals surface area contributed by atoms with Crippen LogP contribution in [-0.2, 0) is 19.0 Å². The summed E-state index contributed by atoms with van der Waals surface area (Å²) in [5, 5.41) is 13.3. The van der Waals surface area contributed by atoms with E-state index in [1.54, 1.807) is 0 Å². The molecule has 5 atom stereocenters. The Balaban J connectivity index is 2.22. The van der Waals surface area contributed by atoms with E-state index in [0.29, 0.717) is 0 Å². The van der Waals surface area contributed by atoms with Gasteiger partial charge in [-0.2, -0.15) is 0 Å². The Morgan fingerprint density at radius 1 is 1.69 bits per heavy atom. The molecule has 2 aliphatic rings. The molecular formula is C8H11N3O5. The zero-order valence-corrected chi connectivity index (χ0v) is 8.52. The van der Waals surface area contributed by atoms with Gasteiger partial charge in [0.05, 0.1) is 6.61 Å². The van der Waals surface area contributed by atoms with Gasteiger partial charge in [0.1, 0.15) is 24.4 Å². The van der Waals surface area contributed by atoms with Crippen molar-refractivity contribution in [2.45, 2.75) is 37.6 Å². The molecule has 0 aliphatic carbocycles. The quantitative estimate of drug-likeness (QED) is 0.302. The summed E-state index contributed by atoms with van der Waals surface area (Å²) >= 11 is 0. The number of aliphatic hydroxyl groups is 1. The van der Waals surface area contributed by atoms with Gasteiger partial charge in [0.15, 0.2) is 6.29 Å². The minimum Gasteiger partial charge on any atom is -0.459 e. The van der Waals surface area contributed by atoms with E-state index in [9.17, 15) is 9.90 Å². The van der Waals surface area contributed by atoms with Gasteiger partial charge in [-0.3, -0.25) is 4.79 Å². The van der Waals surface area contributed by atoms with Crippen LogP contribution in [0.5, 0.6) is 0 Å². The van der Waals surface area contributed by atoms with Gasteiger partial charge in [-0.05, 0) is 5.53 Å². The summed E-state index contributed by atoms with van der Waals surface area (Å²) in [7, 11) is 0. The largest absolute Gasteiger partial charge is 0.459 e. The van der Waals surface area contributed by atoms with Gasteiger partial charge < -0.3 is 19.3 Å². The number of carbonyl (C=O) groups is 1. The molecule has 2 fully saturated rings. The average molecular weight is 229 g/mol. The molecule has 16 heavy (non-hydrogen) atoms. The first-order valence-electron chi connectivity index (χ1n) is 4.80. The number of rotatable bonds is 2. The maximum absolute atomic E-state index is 10.9. The van der Waals surface area contributed by atoms with Crippen molar-refractivity contribution in [3.8, 4) is 0 Å². The van der Waals surface area contributed by atoms with Crippen LogP contribution in [0.4, 0.5) is 0 Å². The molecular weight excluding hydrogens is 218 g/mol. The van der Waals surface area contributed by atoms with Crippen molar-refractivity contribution in [3.63, 3.8) is 0 Å².